The minimum Gasteiger partial charge on any atom is -0.453 e. The Bertz CT molecular complexity index is 1450. The SMILES string of the molecule is CC/C=C(\C(=O)N[C@@H]1C(=O)N2C(C(=O)OCc3oc(=O)oc3C)=CCS[C@@H]12)c1csc(NC(=O)OC(C)(C)C)n1. The Morgan fingerprint density at radius 3 is 2.65 bits per heavy atom. The summed E-state index contributed by atoms with van der Waals surface area (Å²) in [6.07, 6.45) is 3.09. The van der Waals surface area contributed by atoms with Gasteiger partial charge in [0.15, 0.2) is 23.3 Å². The lowest BCUT2D eigenvalue weighted by Crippen LogP contribution is -2.70. The topological polar surface area (TPSA) is 170 Å². The first-order chi connectivity index (χ1) is 18.9. The number of amides is 3. The van der Waals surface area contributed by atoms with Gasteiger partial charge in [0.2, 0.25) is 0 Å². The van der Waals surface area contributed by atoms with Crippen LogP contribution >= 0.6 is 23.1 Å². The van der Waals surface area contributed by atoms with Gasteiger partial charge in [-0.15, -0.1) is 23.1 Å². The van der Waals surface area contributed by atoms with Crippen LogP contribution in [0.2, 0.25) is 0 Å². The number of fused-ring (bicyclic) bond motifs is 1. The van der Waals surface area contributed by atoms with E-state index in [1.165, 1.54) is 23.6 Å². The van der Waals surface area contributed by atoms with Crippen LogP contribution < -0.4 is 16.5 Å². The maximum Gasteiger partial charge on any atom is 0.519 e. The number of hydrogen-bond donors (Lipinski definition) is 2. The van der Waals surface area contributed by atoms with Crippen molar-refractivity contribution in [1.82, 2.24) is 15.2 Å². The minimum absolute atomic E-state index is 0.0458. The highest BCUT2D eigenvalue weighted by Gasteiger charge is 2.53. The highest BCUT2D eigenvalue weighted by Crippen LogP contribution is 2.38. The minimum atomic E-state index is -0.905. The standard InChI is InChI=1S/C25H28N4O9S2/c1-6-7-13(14-11-40-22(26-14)28-23(33)38-25(3,4)5)18(30)27-17-19(31)29-15(8-9-39-20(17)29)21(32)35-10-16-12(2)36-24(34)37-16/h7-8,11,17,20H,6,9-10H2,1-5H3,(H,27,30)(H,26,28,33)/b13-7-/t17-,20+/m1/s1. The van der Waals surface area contributed by atoms with E-state index in [9.17, 15) is 24.0 Å². The third-order valence-electron chi connectivity index (χ3n) is 5.55. The van der Waals surface area contributed by atoms with E-state index in [4.69, 9.17) is 18.3 Å². The van der Waals surface area contributed by atoms with Crippen molar-refractivity contribution >= 4 is 57.7 Å². The van der Waals surface area contributed by atoms with Crippen molar-refractivity contribution in [2.24, 2.45) is 0 Å². The summed E-state index contributed by atoms with van der Waals surface area (Å²) in [6, 6.07) is -0.874. The molecule has 2 aromatic heterocycles. The molecule has 0 aliphatic carbocycles. The number of ether oxygens (including phenoxy) is 2. The molecule has 0 bridgehead atoms. The number of aromatic nitrogens is 1. The van der Waals surface area contributed by atoms with Gasteiger partial charge in [0, 0.05) is 11.1 Å². The van der Waals surface area contributed by atoms with Gasteiger partial charge in [0.05, 0.1) is 11.3 Å². The normalized spacial score (nSPS) is 18.8. The Hall–Kier alpha value is -3.85. The maximum absolute atomic E-state index is 13.2. The monoisotopic (exact) mass is 592 g/mol. The molecule has 1 fully saturated rings. The second-order valence-corrected chi connectivity index (χ2v) is 11.7. The fourth-order valence-corrected chi connectivity index (χ4v) is 5.71. The van der Waals surface area contributed by atoms with Crippen molar-refractivity contribution in [2.45, 2.75) is 64.7 Å². The third kappa shape index (κ3) is 6.47. The fourth-order valence-electron chi connectivity index (χ4n) is 3.82. The number of carbonyl (C=O) groups excluding carboxylic acids is 4. The van der Waals surface area contributed by atoms with Crippen LogP contribution in [0.25, 0.3) is 5.57 Å². The van der Waals surface area contributed by atoms with Gasteiger partial charge in [-0.05, 0) is 40.2 Å². The van der Waals surface area contributed by atoms with Crippen molar-refractivity contribution in [3.05, 3.63) is 51.1 Å². The van der Waals surface area contributed by atoms with Gasteiger partial charge in [0.1, 0.15) is 22.7 Å². The molecule has 13 nitrogen and oxygen atoms in total. The van der Waals surface area contributed by atoms with E-state index in [-0.39, 0.29) is 34.5 Å². The number of hydrogen-bond acceptors (Lipinski definition) is 12. The van der Waals surface area contributed by atoms with Crippen molar-refractivity contribution in [3.8, 4) is 0 Å². The van der Waals surface area contributed by atoms with E-state index in [2.05, 4.69) is 15.6 Å². The molecular weight excluding hydrogens is 564 g/mol. The van der Waals surface area contributed by atoms with Crippen molar-refractivity contribution in [1.29, 1.82) is 0 Å². The Morgan fingerprint density at radius 1 is 1.25 bits per heavy atom. The second-order valence-electron chi connectivity index (χ2n) is 9.67. The molecule has 2 aliphatic heterocycles. The molecule has 4 rings (SSSR count). The molecule has 2 atom stereocenters. The highest BCUT2D eigenvalue weighted by atomic mass is 32.2. The molecule has 2 N–H and O–H groups in total. The second kappa shape index (κ2) is 11.7. The molecule has 2 aliphatic rings. The van der Waals surface area contributed by atoms with Crippen molar-refractivity contribution < 1.29 is 37.5 Å². The molecule has 1 saturated heterocycles. The Balaban J connectivity index is 1.39. The summed E-state index contributed by atoms with van der Waals surface area (Å²) in [5, 5.41) is 6.66. The lowest BCUT2D eigenvalue weighted by atomic mass is 10.0. The predicted octanol–water partition coefficient (Wildman–Crippen LogP) is 3.17. The molecule has 3 amide bonds. The molecule has 2 aromatic rings. The van der Waals surface area contributed by atoms with Crippen LogP contribution in [0, 0.1) is 6.92 Å². The summed E-state index contributed by atoms with van der Waals surface area (Å²) >= 11 is 2.51. The number of nitrogens with one attached hydrogen (secondary N) is 2. The summed E-state index contributed by atoms with van der Waals surface area (Å²) in [7, 11) is 0. The quantitative estimate of drug-likeness (QED) is 0.262. The number of carbonyl (C=O) groups is 4. The molecule has 214 valence electrons. The van der Waals surface area contributed by atoms with Gasteiger partial charge in [-0.2, -0.15) is 0 Å². The van der Waals surface area contributed by atoms with E-state index in [1.807, 2.05) is 6.92 Å². The number of thiazole rings is 1. The summed E-state index contributed by atoms with van der Waals surface area (Å²) in [4.78, 5) is 67.8. The van der Waals surface area contributed by atoms with E-state index in [0.717, 1.165) is 11.3 Å². The Morgan fingerprint density at radius 2 is 2.00 bits per heavy atom. The van der Waals surface area contributed by atoms with Crippen LogP contribution in [-0.2, 0) is 30.5 Å². The third-order valence-corrected chi connectivity index (χ3v) is 7.49. The first-order valence-electron chi connectivity index (χ1n) is 12.3. The van der Waals surface area contributed by atoms with E-state index >= 15 is 0 Å². The number of nitrogens with zero attached hydrogens (tertiary/aromatic N) is 2. The first kappa shape index (κ1) is 29.1. The summed E-state index contributed by atoms with van der Waals surface area (Å²) in [5.74, 6) is -1.99. The molecule has 0 radical (unpaired) electrons. The zero-order valence-electron chi connectivity index (χ0n) is 22.4. The van der Waals surface area contributed by atoms with Crippen LogP contribution in [0.15, 0.2) is 36.9 Å². The Labute approximate surface area is 237 Å². The molecule has 15 heteroatoms. The van der Waals surface area contributed by atoms with E-state index in [0.29, 0.717) is 17.9 Å². The van der Waals surface area contributed by atoms with Crippen molar-refractivity contribution in [3.63, 3.8) is 0 Å². The summed E-state index contributed by atoms with van der Waals surface area (Å²) < 4.78 is 20.0. The van der Waals surface area contributed by atoms with Crippen LogP contribution in [0.5, 0.6) is 0 Å². The lowest BCUT2D eigenvalue weighted by molar-refractivity contribution is -0.153. The van der Waals surface area contributed by atoms with Crippen LogP contribution in [0.4, 0.5) is 9.93 Å². The average molecular weight is 593 g/mol. The van der Waals surface area contributed by atoms with E-state index in [1.54, 1.807) is 38.3 Å². The fraction of sp³-hybridized carbons (Fsp3) is 0.440. The number of esters is 1. The maximum atomic E-state index is 13.2. The largest absolute Gasteiger partial charge is 0.519 e. The molecule has 0 spiro atoms. The molecule has 0 saturated carbocycles. The van der Waals surface area contributed by atoms with Crippen LogP contribution in [-0.4, -0.2) is 56.5 Å². The number of thioether (sulfide) groups is 1. The first-order valence-corrected chi connectivity index (χ1v) is 14.2. The number of rotatable bonds is 8. The van der Waals surface area contributed by atoms with E-state index < -0.39 is 46.7 Å². The molecule has 0 aromatic carbocycles. The van der Waals surface area contributed by atoms with Gasteiger partial charge in [-0.25, -0.2) is 19.4 Å². The number of β-lactam (4-membered cyclic amide) rings is 1. The average Bonchev–Trinajstić information content (AvgIpc) is 3.46. The predicted molar refractivity (Wildman–Crippen MR) is 145 cm³/mol. The van der Waals surface area contributed by atoms with Gasteiger partial charge in [-0.1, -0.05) is 13.0 Å². The zero-order valence-corrected chi connectivity index (χ0v) is 24.0. The number of anilines is 1. The molecular formula is C25H28N4O9S2. The lowest BCUT2D eigenvalue weighted by Gasteiger charge is -2.48. The summed E-state index contributed by atoms with van der Waals surface area (Å²) in [5.41, 5.74) is -0.0554. The van der Waals surface area contributed by atoms with Crippen LogP contribution in [0.3, 0.4) is 0 Å². The van der Waals surface area contributed by atoms with Gasteiger partial charge in [0.25, 0.3) is 11.8 Å². The van der Waals surface area contributed by atoms with Gasteiger partial charge >= 0.3 is 17.9 Å². The van der Waals surface area contributed by atoms with Crippen molar-refractivity contribution in [2.75, 3.05) is 11.1 Å². The highest BCUT2D eigenvalue weighted by molar-refractivity contribution is 8.00. The molecule has 40 heavy (non-hydrogen) atoms. The number of aryl methyl sites for hydroxylation is 1. The molecule has 4 heterocycles. The Kier molecular flexibility index (Phi) is 8.54. The van der Waals surface area contributed by atoms with Crippen LogP contribution in [0.1, 0.15) is 51.3 Å². The summed E-state index contributed by atoms with van der Waals surface area (Å²) in [6.45, 7) is 8.24. The zero-order chi connectivity index (χ0) is 29.2. The van der Waals surface area contributed by atoms with Gasteiger partial charge in [-0.3, -0.25) is 19.8 Å². The smallest absolute Gasteiger partial charge is 0.453 e. The molecule has 0 unspecified atom stereocenters. The number of allylic oxidation sites excluding steroid dienone is 1. The van der Waals surface area contributed by atoms with Gasteiger partial charge < -0.3 is 23.6 Å².